The summed E-state index contributed by atoms with van der Waals surface area (Å²) in [7, 11) is 0. The summed E-state index contributed by atoms with van der Waals surface area (Å²) in [5.41, 5.74) is 4.36. The maximum Gasteiger partial charge on any atom is 0.363 e. The van der Waals surface area contributed by atoms with Crippen molar-refractivity contribution in [2.45, 2.75) is 13.8 Å². The monoisotopic (exact) mass is 523 g/mol. The Bertz CT molecular complexity index is 1230. The molecule has 4 rings (SSSR count). The highest BCUT2D eigenvalue weighted by Crippen LogP contribution is 2.22. The van der Waals surface area contributed by atoms with Gasteiger partial charge in [-0.1, -0.05) is 29.8 Å². The van der Waals surface area contributed by atoms with Gasteiger partial charge in [-0.2, -0.15) is 0 Å². The van der Waals surface area contributed by atoms with Crippen molar-refractivity contribution in [2.75, 3.05) is 0 Å². The van der Waals surface area contributed by atoms with Gasteiger partial charge < -0.3 is 9.47 Å². The largest absolute Gasteiger partial charge is 0.423 e. The first-order valence-corrected chi connectivity index (χ1v) is 10.6. The minimum absolute atomic E-state index is 0.218. The highest BCUT2D eigenvalue weighted by atomic mass is 127. The van der Waals surface area contributed by atoms with E-state index in [1.54, 1.807) is 42.5 Å². The van der Waals surface area contributed by atoms with Crippen molar-refractivity contribution in [1.82, 2.24) is 0 Å². The Hall–Kier alpha value is -3.26. The van der Waals surface area contributed by atoms with Gasteiger partial charge in [0, 0.05) is 9.13 Å². The normalized spacial score (nSPS) is 14.4. The van der Waals surface area contributed by atoms with Gasteiger partial charge >= 0.3 is 11.9 Å². The molecule has 0 bridgehead atoms. The van der Waals surface area contributed by atoms with Gasteiger partial charge in [0.05, 0.1) is 5.56 Å². The number of halogens is 1. The van der Waals surface area contributed by atoms with E-state index in [4.69, 9.17) is 9.47 Å². The Kier molecular flexibility index (Phi) is 5.99. The fraction of sp³-hybridized carbons (Fsp3) is 0.0800. The summed E-state index contributed by atoms with van der Waals surface area (Å²) < 4.78 is 11.9. The van der Waals surface area contributed by atoms with Crippen molar-refractivity contribution < 1.29 is 19.1 Å². The van der Waals surface area contributed by atoms with Crippen LogP contribution >= 0.6 is 22.6 Å². The van der Waals surface area contributed by atoms with Crippen molar-refractivity contribution >= 4 is 46.5 Å². The van der Waals surface area contributed by atoms with Crippen molar-refractivity contribution in [2.24, 2.45) is 4.99 Å². The molecule has 5 nitrogen and oxygen atoms in total. The summed E-state index contributed by atoms with van der Waals surface area (Å²) in [6.07, 6.45) is 1.64. The van der Waals surface area contributed by atoms with Crippen molar-refractivity contribution in [3.63, 3.8) is 0 Å². The Morgan fingerprint density at radius 1 is 1.00 bits per heavy atom. The third-order valence-corrected chi connectivity index (χ3v) is 5.92. The van der Waals surface area contributed by atoms with Crippen LogP contribution in [0.2, 0.25) is 0 Å². The quantitative estimate of drug-likeness (QED) is 0.197. The molecule has 0 saturated carbocycles. The van der Waals surface area contributed by atoms with Crippen LogP contribution in [0.15, 0.2) is 77.4 Å². The van der Waals surface area contributed by atoms with E-state index in [1.807, 2.05) is 44.2 Å². The van der Waals surface area contributed by atoms with E-state index in [0.29, 0.717) is 17.2 Å². The summed E-state index contributed by atoms with van der Waals surface area (Å²) in [5.74, 6) is -0.215. The molecule has 3 aromatic rings. The molecule has 31 heavy (non-hydrogen) atoms. The molecule has 1 heterocycles. The number of benzene rings is 3. The number of esters is 2. The van der Waals surface area contributed by atoms with Gasteiger partial charge in [0.2, 0.25) is 5.90 Å². The average Bonchev–Trinajstić information content (AvgIpc) is 3.12. The molecule has 6 heteroatoms. The molecule has 0 amide bonds. The SMILES string of the molecule is Cc1ccc(C(=O)Oc2ccc(/C=C3\N=C(c4ccc(I)c(C)c4)OC3=O)cc2)cc1. The average molecular weight is 523 g/mol. The first kappa shape index (κ1) is 21.0. The molecule has 0 radical (unpaired) electrons. The molecule has 154 valence electrons. The fourth-order valence-corrected chi connectivity index (χ4v) is 3.29. The topological polar surface area (TPSA) is 65.0 Å². The number of rotatable bonds is 4. The van der Waals surface area contributed by atoms with Crippen LogP contribution in [0.25, 0.3) is 6.08 Å². The molecule has 0 saturated heterocycles. The lowest BCUT2D eigenvalue weighted by Crippen LogP contribution is -2.08. The molecular weight excluding hydrogens is 505 g/mol. The van der Waals surface area contributed by atoms with Crippen LogP contribution in [0.4, 0.5) is 0 Å². The van der Waals surface area contributed by atoms with Crippen LogP contribution in [0.1, 0.15) is 32.6 Å². The predicted molar refractivity (Wildman–Crippen MR) is 127 cm³/mol. The number of ether oxygens (including phenoxy) is 2. The summed E-state index contributed by atoms with van der Waals surface area (Å²) in [6, 6.07) is 19.8. The second kappa shape index (κ2) is 8.85. The van der Waals surface area contributed by atoms with E-state index < -0.39 is 11.9 Å². The maximum absolute atomic E-state index is 12.2. The van der Waals surface area contributed by atoms with E-state index in [2.05, 4.69) is 27.6 Å². The van der Waals surface area contributed by atoms with Crippen molar-refractivity contribution in [3.8, 4) is 5.75 Å². The van der Waals surface area contributed by atoms with Crippen LogP contribution in [0.3, 0.4) is 0 Å². The Morgan fingerprint density at radius 3 is 2.39 bits per heavy atom. The molecule has 0 spiro atoms. The standard InChI is InChI=1S/C25H18INO4/c1-15-3-7-18(8-4-15)24(28)30-20-10-5-17(6-11-20)14-22-25(29)31-23(27-22)19-9-12-21(26)16(2)13-19/h3-14H,1-2H3/b22-14-. The molecule has 0 unspecified atom stereocenters. The minimum Gasteiger partial charge on any atom is -0.423 e. The molecule has 0 aliphatic carbocycles. The number of hydrogen-bond donors (Lipinski definition) is 0. The summed E-state index contributed by atoms with van der Waals surface area (Å²) in [5, 5.41) is 0. The lowest BCUT2D eigenvalue weighted by molar-refractivity contribution is -0.129. The number of nitrogens with zero attached hydrogens (tertiary/aromatic N) is 1. The summed E-state index contributed by atoms with van der Waals surface area (Å²) >= 11 is 2.25. The van der Waals surface area contributed by atoms with Crippen LogP contribution in [0.5, 0.6) is 5.75 Å². The lowest BCUT2D eigenvalue weighted by atomic mass is 10.1. The zero-order chi connectivity index (χ0) is 22.0. The van der Waals surface area contributed by atoms with E-state index in [0.717, 1.165) is 25.8 Å². The number of aliphatic imine (C=N–C) groups is 1. The first-order chi connectivity index (χ1) is 14.9. The maximum atomic E-state index is 12.2. The van der Waals surface area contributed by atoms with Gasteiger partial charge in [-0.3, -0.25) is 0 Å². The van der Waals surface area contributed by atoms with Gasteiger partial charge in [0.25, 0.3) is 0 Å². The highest BCUT2D eigenvalue weighted by Gasteiger charge is 2.24. The number of hydrogen-bond acceptors (Lipinski definition) is 5. The van der Waals surface area contributed by atoms with Crippen molar-refractivity contribution in [1.29, 1.82) is 0 Å². The second-order valence-electron chi connectivity index (χ2n) is 7.12. The van der Waals surface area contributed by atoms with Crippen LogP contribution in [0, 0.1) is 17.4 Å². The van der Waals surface area contributed by atoms with Crippen molar-refractivity contribution in [3.05, 3.63) is 104 Å². The highest BCUT2D eigenvalue weighted by molar-refractivity contribution is 14.1. The third-order valence-electron chi connectivity index (χ3n) is 4.71. The smallest absolute Gasteiger partial charge is 0.363 e. The Balaban J connectivity index is 1.49. The lowest BCUT2D eigenvalue weighted by Gasteiger charge is -2.05. The van der Waals surface area contributed by atoms with Gasteiger partial charge in [-0.05, 0) is 96.1 Å². The number of carbonyl (C=O) groups excluding carboxylic acids is 2. The van der Waals surface area contributed by atoms with Crippen LogP contribution < -0.4 is 4.74 Å². The Labute approximate surface area is 193 Å². The van der Waals surface area contributed by atoms with E-state index in [-0.39, 0.29) is 5.70 Å². The fourth-order valence-electron chi connectivity index (χ4n) is 2.96. The minimum atomic E-state index is -0.499. The zero-order valence-electron chi connectivity index (χ0n) is 16.9. The second-order valence-corrected chi connectivity index (χ2v) is 8.29. The number of aryl methyl sites for hydroxylation is 2. The molecule has 0 N–H and O–H groups in total. The molecule has 0 fully saturated rings. The molecule has 3 aromatic carbocycles. The predicted octanol–water partition coefficient (Wildman–Crippen LogP) is 5.47. The Morgan fingerprint density at radius 2 is 1.71 bits per heavy atom. The summed E-state index contributed by atoms with van der Waals surface area (Å²) in [4.78, 5) is 28.8. The van der Waals surface area contributed by atoms with Crippen LogP contribution in [-0.2, 0) is 9.53 Å². The molecule has 1 aliphatic rings. The van der Waals surface area contributed by atoms with E-state index in [9.17, 15) is 9.59 Å². The third kappa shape index (κ3) is 4.91. The van der Waals surface area contributed by atoms with Gasteiger partial charge in [-0.15, -0.1) is 0 Å². The molecular formula is C25H18INO4. The molecule has 1 aliphatic heterocycles. The van der Waals surface area contributed by atoms with Gasteiger partial charge in [0.15, 0.2) is 5.70 Å². The van der Waals surface area contributed by atoms with Crippen LogP contribution in [-0.4, -0.2) is 17.8 Å². The van der Waals surface area contributed by atoms with Gasteiger partial charge in [-0.25, -0.2) is 14.6 Å². The number of carbonyl (C=O) groups is 2. The van der Waals surface area contributed by atoms with E-state index in [1.165, 1.54) is 0 Å². The zero-order valence-corrected chi connectivity index (χ0v) is 19.0. The van der Waals surface area contributed by atoms with Gasteiger partial charge in [0.1, 0.15) is 5.75 Å². The number of cyclic esters (lactones) is 1. The van der Waals surface area contributed by atoms with E-state index >= 15 is 0 Å². The summed E-state index contributed by atoms with van der Waals surface area (Å²) in [6.45, 7) is 3.95. The molecule has 0 aromatic heterocycles. The first-order valence-electron chi connectivity index (χ1n) is 9.57. The molecule has 0 atom stereocenters.